The van der Waals surface area contributed by atoms with Crippen LogP contribution in [0.25, 0.3) is 0 Å². The van der Waals surface area contributed by atoms with E-state index in [1.54, 1.807) is 13.3 Å². The van der Waals surface area contributed by atoms with E-state index >= 15 is 0 Å². The Morgan fingerprint density at radius 2 is 1.83 bits per heavy atom. The quantitative estimate of drug-likeness (QED) is 0.655. The van der Waals surface area contributed by atoms with Gasteiger partial charge in [-0.05, 0) is 61.2 Å². The molecule has 0 saturated heterocycles. The van der Waals surface area contributed by atoms with Gasteiger partial charge in [-0.15, -0.1) is 0 Å². The zero-order valence-corrected chi connectivity index (χ0v) is 14.4. The van der Waals surface area contributed by atoms with Crippen LogP contribution in [-0.2, 0) is 4.79 Å². The van der Waals surface area contributed by atoms with Crippen LogP contribution in [0.1, 0.15) is 22.3 Å². The second kappa shape index (κ2) is 8.15. The van der Waals surface area contributed by atoms with E-state index in [2.05, 4.69) is 10.5 Å². The number of nitrogens with one attached hydrogen (secondary N) is 1. The maximum Gasteiger partial charge on any atom is 0.277 e. The van der Waals surface area contributed by atoms with E-state index in [0.717, 1.165) is 33.8 Å². The summed E-state index contributed by atoms with van der Waals surface area (Å²) < 4.78 is 10.7. The fourth-order valence-corrected chi connectivity index (χ4v) is 2.29. The predicted molar refractivity (Wildman–Crippen MR) is 94.9 cm³/mol. The number of carbonyl (C=O) groups is 1. The molecule has 1 N–H and O–H groups in total. The molecule has 24 heavy (non-hydrogen) atoms. The standard InChI is InChI=1S/C19H22N2O3/c1-13-6-5-7-14(2)19(13)24-12-18(22)21-20-11-16-8-9-17(23-4)10-15(16)3/h5-11H,12H2,1-4H3,(H,21,22)/b20-11-. The highest BCUT2D eigenvalue weighted by atomic mass is 16.5. The second-order valence-electron chi connectivity index (χ2n) is 5.53. The Morgan fingerprint density at radius 1 is 1.12 bits per heavy atom. The topological polar surface area (TPSA) is 59.9 Å². The molecule has 2 rings (SSSR count). The number of carbonyl (C=O) groups excluding carboxylic acids is 1. The molecule has 2 aromatic carbocycles. The lowest BCUT2D eigenvalue weighted by Crippen LogP contribution is -2.25. The number of benzene rings is 2. The summed E-state index contributed by atoms with van der Waals surface area (Å²) in [7, 11) is 1.62. The normalized spacial score (nSPS) is 10.7. The summed E-state index contributed by atoms with van der Waals surface area (Å²) in [6.45, 7) is 5.77. The highest BCUT2D eigenvalue weighted by Crippen LogP contribution is 2.22. The number of hydrogen-bond donors (Lipinski definition) is 1. The van der Waals surface area contributed by atoms with Crippen LogP contribution in [0.4, 0.5) is 0 Å². The largest absolute Gasteiger partial charge is 0.497 e. The van der Waals surface area contributed by atoms with Crippen LogP contribution in [-0.4, -0.2) is 25.8 Å². The van der Waals surface area contributed by atoms with Crippen molar-refractivity contribution in [1.82, 2.24) is 5.43 Å². The maximum absolute atomic E-state index is 11.8. The molecule has 126 valence electrons. The zero-order chi connectivity index (χ0) is 17.5. The molecule has 0 aliphatic carbocycles. The lowest BCUT2D eigenvalue weighted by molar-refractivity contribution is -0.123. The van der Waals surface area contributed by atoms with E-state index in [1.807, 2.05) is 57.2 Å². The summed E-state index contributed by atoms with van der Waals surface area (Å²) in [6, 6.07) is 11.5. The van der Waals surface area contributed by atoms with Crippen molar-refractivity contribution in [2.24, 2.45) is 5.10 Å². The molecule has 0 radical (unpaired) electrons. The van der Waals surface area contributed by atoms with Gasteiger partial charge in [-0.3, -0.25) is 4.79 Å². The maximum atomic E-state index is 11.8. The van der Waals surface area contributed by atoms with E-state index in [1.165, 1.54) is 0 Å². The number of rotatable bonds is 6. The third-order valence-electron chi connectivity index (χ3n) is 3.63. The van der Waals surface area contributed by atoms with Gasteiger partial charge in [0.05, 0.1) is 13.3 Å². The average molecular weight is 326 g/mol. The summed E-state index contributed by atoms with van der Waals surface area (Å²) >= 11 is 0. The van der Waals surface area contributed by atoms with Crippen molar-refractivity contribution in [3.05, 3.63) is 58.7 Å². The Bertz CT molecular complexity index is 734. The van der Waals surface area contributed by atoms with Gasteiger partial charge < -0.3 is 9.47 Å². The minimum Gasteiger partial charge on any atom is -0.497 e. The first-order valence-corrected chi connectivity index (χ1v) is 7.67. The number of aryl methyl sites for hydroxylation is 3. The van der Waals surface area contributed by atoms with Crippen LogP contribution in [0, 0.1) is 20.8 Å². The van der Waals surface area contributed by atoms with Gasteiger partial charge in [-0.2, -0.15) is 5.10 Å². The van der Waals surface area contributed by atoms with E-state index in [9.17, 15) is 4.79 Å². The highest BCUT2D eigenvalue weighted by Gasteiger charge is 2.06. The molecule has 5 nitrogen and oxygen atoms in total. The predicted octanol–water partition coefficient (Wildman–Crippen LogP) is 3.15. The summed E-state index contributed by atoms with van der Waals surface area (Å²) in [5.41, 5.74) is 6.39. The summed E-state index contributed by atoms with van der Waals surface area (Å²) in [6.07, 6.45) is 1.60. The number of nitrogens with zero attached hydrogens (tertiary/aromatic N) is 1. The lowest BCUT2D eigenvalue weighted by atomic mass is 10.1. The average Bonchev–Trinajstić information content (AvgIpc) is 2.55. The van der Waals surface area contributed by atoms with Crippen molar-refractivity contribution < 1.29 is 14.3 Å². The van der Waals surface area contributed by atoms with Gasteiger partial charge in [0.1, 0.15) is 11.5 Å². The number of hydrazone groups is 1. The van der Waals surface area contributed by atoms with Crippen molar-refractivity contribution in [2.45, 2.75) is 20.8 Å². The molecule has 1 amide bonds. The van der Waals surface area contributed by atoms with Crippen molar-refractivity contribution in [2.75, 3.05) is 13.7 Å². The van der Waals surface area contributed by atoms with Gasteiger partial charge >= 0.3 is 0 Å². The molecular weight excluding hydrogens is 304 g/mol. The van der Waals surface area contributed by atoms with Crippen molar-refractivity contribution in [3.63, 3.8) is 0 Å². The van der Waals surface area contributed by atoms with E-state index in [0.29, 0.717) is 0 Å². The fraction of sp³-hybridized carbons (Fsp3) is 0.263. The Labute approximate surface area is 142 Å². The Kier molecular flexibility index (Phi) is 5.95. The van der Waals surface area contributed by atoms with Crippen LogP contribution in [0.5, 0.6) is 11.5 Å². The first-order valence-electron chi connectivity index (χ1n) is 7.67. The molecule has 0 saturated carbocycles. The molecule has 0 aromatic heterocycles. The van der Waals surface area contributed by atoms with Crippen molar-refractivity contribution in [1.29, 1.82) is 0 Å². The molecular formula is C19H22N2O3. The monoisotopic (exact) mass is 326 g/mol. The fourth-order valence-electron chi connectivity index (χ4n) is 2.29. The first kappa shape index (κ1) is 17.5. The first-order chi connectivity index (χ1) is 11.5. The van der Waals surface area contributed by atoms with E-state index < -0.39 is 0 Å². The molecule has 0 heterocycles. The minimum atomic E-state index is -0.305. The number of hydrogen-bond acceptors (Lipinski definition) is 4. The molecule has 0 aliphatic heterocycles. The molecule has 5 heteroatoms. The minimum absolute atomic E-state index is 0.0787. The van der Waals surface area contributed by atoms with Crippen LogP contribution in [0.2, 0.25) is 0 Å². The summed E-state index contributed by atoms with van der Waals surface area (Å²) in [5.74, 6) is 1.22. The third kappa shape index (κ3) is 4.59. The highest BCUT2D eigenvalue weighted by molar-refractivity contribution is 5.84. The van der Waals surface area contributed by atoms with Crippen LogP contribution < -0.4 is 14.9 Å². The third-order valence-corrected chi connectivity index (χ3v) is 3.63. The van der Waals surface area contributed by atoms with Crippen LogP contribution >= 0.6 is 0 Å². The molecule has 0 bridgehead atoms. The molecule has 0 aliphatic rings. The van der Waals surface area contributed by atoms with E-state index in [-0.39, 0.29) is 12.5 Å². The Hall–Kier alpha value is -2.82. The zero-order valence-electron chi connectivity index (χ0n) is 14.4. The molecule has 0 fully saturated rings. The van der Waals surface area contributed by atoms with Gasteiger partial charge in [0, 0.05) is 0 Å². The van der Waals surface area contributed by atoms with Crippen molar-refractivity contribution >= 4 is 12.1 Å². The van der Waals surface area contributed by atoms with Gasteiger partial charge in [0.15, 0.2) is 6.61 Å². The van der Waals surface area contributed by atoms with Crippen LogP contribution in [0.15, 0.2) is 41.5 Å². The van der Waals surface area contributed by atoms with Gasteiger partial charge in [-0.1, -0.05) is 18.2 Å². The number of methoxy groups -OCH3 is 1. The second-order valence-corrected chi connectivity index (χ2v) is 5.53. The Balaban J connectivity index is 1.89. The van der Waals surface area contributed by atoms with Gasteiger partial charge in [0.25, 0.3) is 5.91 Å². The van der Waals surface area contributed by atoms with Crippen LogP contribution in [0.3, 0.4) is 0 Å². The summed E-state index contributed by atoms with van der Waals surface area (Å²) in [4.78, 5) is 11.8. The molecule has 2 aromatic rings. The SMILES string of the molecule is COc1ccc(/C=N\NC(=O)COc2c(C)cccc2C)c(C)c1. The molecule has 0 unspecified atom stereocenters. The van der Waals surface area contributed by atoms with Gasteiger partial charge in [0.2, 0.25) is 0 Å². The lowest BCUT2D eigenvalue weighted by Gasteiger charge is -2.10. The molecule has 0 atom stereocenters. The Morgan fingerprint density at radius 3 is 2.46 bits per heavy atom. The van der Waals surface area contributed by atoms with Crippen molar-refractivity contribution in [3.8, 4) is 11.5 Å². The smallest absolute Gasteiger partial charge is 0.277 e. The summed E-state index contributed by atoms with van der Waals surface area (Å²) in [5, 5.41) is 3.97. The number of ether oxygens (including phenoxy) is 2. The molecule has 0 spiro atoms. The van der Waals surface area contributed by atoms with Gasteiger partial charge in [-0.25, -0.2) is 5.43 Å². The number of amides is 1. The van der Waals surface area contributed by atoms with E-state index in [4.69, 9.17) is 9.47 Å². The number of para-hydroxylation sites is 1.